The maximum absolute atomic E-state index is 14.0. The summed E-state index contributed by atoms with van der Waals surface area (Å²) in [6.07, 6.45) is 0.0753. The van der Waals surface area contributed by atoms with Gasteiger partial charge in [0.05, 0.1) is 18.3 Å². The minimum atomic E-state index is -2.64. The van der Waals surface area contributed by atoms with E-state index in [0.29, 0.717) is 13.0 Å². The fourth-order valence-corrected chi connectivity index (χ4v) is 8.61. The molecule has 2 heterocycles. The summed E-state index contributed by atoms with van der Waals surface area (Å²) < 4.78 is 7.68. The Morgan fingerprint density at radius 2 is 1.93 bits per heavy atom. The minimum Gasteiger partial charge on any atom is -0.432 e. The predicted octanol–water partition coefficient (Wildman–Crippen LogP) is 4.02. The van der Waals surface area contributed by atoms with E-state index in [9.17, 15) is 14.7 Å². The number of carbonyl (C=O) groups excluding carboxylic acids is 1. The molecular weight excluding hydrogens is 509 g/mol. The van der Waals surface area contributed by atoms with Crippen molar-refractivity contribution in [2.45, 2.75) is 50.2 Å². The molecular formula is C23H28INO4Si. The largest absolute Gasteiger partial charge is 0.432 e. The van der Waals surface area contributed by atoms with Crippen molar-refractivity contribution in [2.75, 3.05) is 11.5 Å². The minimum absolute atomic E-state index is 0.0313. The Morgan fingerprint density at radius 3 is 2.60 bits per heavy atom. The highest BCUT2D eigenvalue weighted by Gasteiger charge is 2.65. The van der Waals surface area contributed by atoms with E-state index in [1.165, 1.54) is 0 Å². The van der Waals surface area contributed by atoms with E-state index < -0.39 is 13.9 Å². The molecule has 5 nitrogen and oxygen atoms in total. The van der Waals surface area contributed by atoms with Crippen molar-refractivity contribution in [3.63, 3.8) is 0 Å². The number of amides is 1. The monoisotopic (exact) mass is 537 g/mol. The number of carbonyl (C=O) groups is 1. The zero-order valence-corrected chi connectivity index (χ0v) is 20.7. The van der Waals surface area contributed by atoms with Gasteiger partial charge in [-0.05, 0) is 65.9 Å². The molecule has 1 amide bonds. The van der Waals surface area contributed by atoms with Gasteiger partial charge in [0.1, 0.15) is 0 Å². The summed E-state index contributed by atoms with van der Waals surface area (Å²) in [7, 11) is -2.64. The number of benzene rings is 2. The lowest BCUT2D eigenvalue weighted by atomic mass is 9.82. The zero-order valence-electron chi connectivity index (χ0n) is 17.5. The van der Waals surface area contributed by atoms with E-state index in [-0.39, 0.29) is 30.1 Å². The van der Waals surface area contributed by atoms with E-state index in [1.807, 2.05) is 67.4 Å². The van der Waals surface area contributed by atoms with Crippen LogP contribution in [0.25, 0.3) is 0 Å². The molecule has 7 heteroatoms. The average Bonchev–Trinajstić information content (AvgIpc) is 3.10. The van der Waals surface area contributed by atoms with Crippen molar-refractivity contribution in [2.24, 2.45) is 5.92 Å². The van der Waals surface area contributed by atoms with Crippen LogP contribution < -0.4 is 4.90 Å². The number of anilines is 1. The highest BCUT2D eigenvalue weighted by Crippen LogP contribution is 2.59. The predicted molar refractivity (Wildman–Crippen MR) is 128 cm³/mol. The van der Waals surface area contributed by atoms with Crippen molar-refractivity contribution in [1.82, 2.24) is 0 Å². The number of aliphatic hydroxyl groups is 1. The Bertz CT molecular complexity index is 962. The topological polar surface area (TPSA) is 70.0 Å². The number of halogens is 1. The maximum atomic E-state index is 14.0. The van der Waals surface area contributed by atoms with Gasteiger partial charge in [0.15, 0.2) is 13.9 Å². The van der Waals surface area contributed by atoms with Crippen LogP contribution in [0.4, 0.5) is 5.69 Å². The maximum Gasteiger partial charge on any atom is 0.264 e. The summed E-state index contributed by atoms with van der Waals surface area (Å²) in [5.74, 6) is -0.256. The van der Waals surface area contributed by atoms with Crippen molar-refractivity contribution < 1.29 is 19.4 Å². The summed E-state index contributed by atoms with van der Waals surface area (Å²) in [4.78, 5) is 26.8. The van der Waals surface area contributed by atoms with Crippen LogP contribution in [-0.4, -0.2) is 36.8 Å². The fourth-order valence-electron chi connectivity index (χ4n) is 5.40. The van der Waals surface area contributed by atoms with Crippen molar-refractivity contribution >= 4 is 42.5 Å². The van der Waals surface area contributed by atoms with Gasteiger partial charge in [-0.1, -0.05) is 37.3 Å². The van der Waals surface area contributed by atoms with Gasteiger partial charge in [0.2, 0.25) is 0 Å². The first-order valence-corrected chi connectivity index (χ1v) is 14.5. The van der Waals surface area contributed by atoms with Crippen molar-refractivity contribution in [1.29, 1.82) is 0 Å². The first kappa shape index (κ1) is 21.9. The summed E-state index contributed by atoms with van der Waals surface area (Å²) in [5.41, 5.74) is 1.55. The third-order valence-electron chi connectivity index (χ3n) is 6.53. The molecule has 2 aromatic carbocycles. The van der Waals surface area contributed by atoms with Gasteiger partial charge in [-0.2, -0.15) is 0 Å². The van der Waals surface area contributed by atoms with Gasteiger partial charge in [-0.15, -0.1) is 0 Å². The third-order valence-corrected chi connectivity index (χ3v) is 9.71. The lowest BCUT2D eigenvalue weighted by Gasteiger charge is -2.32. The van der Waals surface area contributed by atoms with Gasteiger partial charge in [-0.25, -0.2) is 0 Å². The molecule has 2 aliphatic rings. The summed E-state index contributed by atoms with van der Waals surface area (Å²) in [6.45, 7) is 6.26. The van der Waals surface area contributed by atoms with Crippen molar-refractivity contribution in [3.8, 4) is 0 Å². The molecule has 0 unspecified atom stereocenters. The Labute approximate surface area is 192 Å². The summed E-state index contributed by atoms with van der Waals surface area (Å²) in [6, 6.07) is 16.0. The van der Waals surface area contributed by atoms with Gasteiger partial charge in [-0.3, -0.25) is 4.79 Å². The highest BCUT2D eigenvalue weighted by atomic mass is 127. The Kier molecular flexibility index (Phi) is 5.86. The van der Waals surface area contributed by atoms with Crippen LogP contribution in [0, 0.1) is 9.49 Å². The number of fused-ring (bicyclic) bond motifs is 2. The molecule has 1 spiro atoms. The standard InChI is InChI=1S/C23H28INO4Si/c1-15-21(30(2,3)28)20(11-12-26)29-23(15)18-9-4-5-10-19(18)25(22(23)27)14-16-7-6-8-17(24)13-16/h4-10,13,15,20-21,26,28H,11-12,14H2,1-3H3/t15-,20+,21-,23+/m0/s1. The molecule has 4 atom stereocenters. The average molecular weight is 537 g/mol. The number of hydrogen-bond acceptors (Lipinski definition) is 4. The fraction of sp³-hybridized carbons (Fsp3) is 0.435. The van der Waals surface area contributed by atoms with Gasteiger partial charge in [0.25, 0.3) is 5.91 Å². The molecule has 160 valence electrons. The quantitative estimate of drug-likeness (QED) is 0.447. The van der Waals surface area contributed by atoms with Crippen molar-refractivity contribution in [3.05, 3.63) is 63.2 Å². The first-order valence-electron chi connectivity index (χ1n) is 10.4. The lowest BCUT2D eigenvalue weighted by Crippen LogP contribution is -2.46. The summed E-state index contributed by atoms with van der Waals surface area (Å²) >= 11 is 2.28. The van der Waals surface area contributed by atoms with Crippen LogP contribution in [0.3, 0.4) is 0 Å². The molecule has 4 rings (SSSR count). The molecule has 0 radical (unpaired) electrons. The highest BCUT2D eigenvalue weighted by molar-refractivity contribution is 14.1. The Balaban J connectivity index is 1.80. The van der Waals surface area contributed by atoms with Gasteiger partial charge < -0.3 is 19.5 Å². The lowest BCUT2D eigenvalue weighted by molar-refractivity contribution is -0.146. The molecule has 1 fully saturated rings. The molecule has 0 saturated carbocycles. The van der Waals surface area contributed by atoms with Crippen LogP contribution in [0.15, 0.2) is 48.5 Å². The van der Waals surface area contributed by atoms with Crippen LogP contribution in [0.1, 0.15) is 24.5 Å². The van der Waals surface area contributed by atoms with E-state index in [4.69, 9.17) is 4.74 Å². The zero-order chi connectivity index (χ0) is 21.7. The number of rotatable bonds is 5. The molecule has 2 aromatic rings. The second-order valence-corrected chi connectivity index (χ2v) is 14.1. The summed E-state index contributed by atoms with van der Waals surface area (Å²) in [5, 5.41) is 9.62. The second kappa shape index (κ2) is 8.02. The van der Waals surface area contributed by atoms with Crippen LogP contribution in [-0.2, 0) is 21.7 Å². The number of para-hydroxylation sites is 1. The SMILES string of the molecule is C[C@H]1[C@H]([Si](C)(C)O)[C@@H](CCO)O[C@]12C(=O)N(Cc1cccc(I)c1)c1ccccc12. The van der Waals surface area contributed by atoms with E-state index >= 15 is 0 Å². The molecule has 0 aromatic heterocycles. The number of hydrogen-bond donors (Lipinski definition) is 2. The van der Waals surface area contributed by atoms with E-state index in [1.54, 1.807) is 0 Å². The molecule has 1 saturated heterocycles. The second-order valence-electron chi connectivity index (χ2n) is 8.91. The molecule has 30 heavy (non-hydrogen) atoms. The van der Waals surface area contributed by atoms with E-state index in [2.05, 4.69) is 28.7 Å². The third kappa shape index (κ3) is 3.44. The Morgan fingerprint density at radius 1 is 1.20 bits per heavy atom. The first-order chi connectivity index (χ1) is 14.2. The number of nitrogens with zero attached hydrogens (tertiary/aromatic N) is 1. The smallest absolute Gasteiger partial charge is 0.264 e. The molecule has 2 N–H and O–H groups in total. The number of aliphatic hydroxyl groups excluding tert-OH is 1. The molecule has 2 aliphatic heterocycles. The van der Waals surface area contributed by atoms with Crippen LogP contribution in [0.2, 0.25) is 18.6 Å². The Hall–Kier alpha value is -1.26. The van der Waals surface area contributed by atoms with Crippen LogP contribution in [0.5, 0.6) is 0 Å². The van der Waals surface area contributed by atoms with E-state index in [0.717, 1.165) is 20.4 Å². The molecule has 0 aliphatic carbocycles. The number of ether oxygens (including phenoxy) is 1. The van der Waals surface area contributed by atoms with Gasteiger partial charge in [0, 0.05) is 27.2 Å². The normalized spacial score (nSPS) is 28.4. The molecule has 0 bridgehead atoms. The van der Waals surface area contributed by atoms with Crippen LogP contribution >= 0.6 is 22.6 Å². The van der Waals surface area contributed by atoms with Gasteiger partial charge >= 0.3 is 0 Å².